The lowest BCUT2D eigenvalue weighted by Gasteiger charge is -2.27. The number of amides is 1. The maximum Gasteiger partial charge on any atom is 0.280 e. The van der Waals surface area contributed by atoms with Crippen molar-refractivity contribution in [3.05, 3.63) is 93.8 Å². The minimum absolute atomic E-state index is 0.0785. The molecule has 0 saturated carbocycles. The number of rotatable bonds is 4. The fourth-order valence-corrected chi connectivity index (χ4v) is 5.03. The van der Waals surface area contributed by atoms with Crippen LogP contribution in [-0.2, 0) is 14.8 Å². The number of carbonyl (C=O) groups excluding carboxylic acids is 1. The summed E-state index contributed by atoms with van der Waals surface area (Å²) in [5, 5.41) is 7.16. The molecule has 1 N–H and O–H groups in total. The number of nitrogens with one attached hydrogen (secondary N) is 1. The molecule has 0 unspecified atom stereocenters. The fourth-order valence-electron chi connectivity index (χ4n) is 3.48. The molecule has 0 aliphatic carbocycles. The van der Waals surface area contributed by atoms with E-state index in [1.807, 2.05) is 26.0 Å². The Hall–Kier alpha value is -3.23. The summed E-state index contributed by atoms with van der Waals surface area (Å²) in [5.74, 6) is -1.15. The van der Waals surface area contributed by atoms with E-state index < -0.39 is 28.3 Å². The summed E-state index contributed by atoms with van der Waals surface area (Å²) in [4.78, 5) is 12.6. The van der Waals surface area contributed by atoms with Gasteiger partial charge in [-0.3, -0.25) is 4.79 Å². The molecule has 0 saturated heterocycles. The topological polar surface area (TPSA) is 78.8 Å². The van der Waals surface area contributed by atoms with Gasteiger partial charge < -0.3 is 5.32 Å². The second-order valence-corrected chi connectivity index (χ2v) is 9.67. The average Bonchev–Trinajstić information content (AvgIpc) is 2.73. The zero-order valence-corrected chi connectivity index (χ0v) is 18.8. The summed E-state index contributed by atoms with van der Waals surface area (Å²) in [6.07, 6.45) is 0. The molecule has 0 atom stereocenters. The maximum absolute atomic E-state index is 14.6. The van der Waals surface area contributed by atoms with E-state index in [9.17, 15) is 17.6 Å². The first kappa shape index (κ1) is 22.0. The van der Waals surface area contributed by atoms with Gasteiger partial charge in [0.15, 0.2) is 0 Å². The highest BCUT2D eigenvalue weighted by Gasteiger charge is 2.35. The number of benzene rings is 3. The van der Waals surface area contributed by atoms with E-state index in [0.29, 0.717) is 10.1 Å². The predicted octanol–water partition coefficient (Wildman–Crippen LogP) is 4.49. The molecule has 32 heavy (non-hydrogen) atoms. The van der Waals surface area contributed by atoms with E-state index in [4.69, 9.17) is 11.6 Å². The van der Waals surface area contributed by atoms with Crippen LogP contribution in [0, 0.1) is 19.7 Å². The molecule has 0 spiro atoms. The number of fused-ring (bicyclic) bond motifs is 1. The minimum atomic E-state index is -4.15. The van der Waals surface area contributed by atoms with Gasteiger partial charge in [-0.15, -0.1) is 0 Å². The van der Waals surface area contributed by atoms with Gasteiger partial charge in [0.05, 0.1) is 4.90 Å². The Morgan fingerprint density at radius 1 is 1.06 bits per heavy atom. The van der Waals surface area contributed by atoms with E-state index in [1.54, 1.807) is 12.1 Å². The van der Waals surface area contributed by atoms with Crippen molar-refractivity contribution in [2.24, 2.45) is 5.10 Å². The summed E-state index contributed by atoms with van der Waals surface area (Å²) in [6, 6.07) is 15.6. The van der Waals surface area contributed by atoms with E-state index in [-0.39, 0.29) is 26.8 Å². The van der Waals surface area contributed by atoms with Crippen LogP contribution < -0.4 is 5.32 Å². The van der Waals surface area contributed by atoms with E-state index in [0.717, 1.165) is 11.1 Å². The zero-order chi connectivity index (χ0) is 23.0. The largest absolute Gasteiger partial charge is 0.324 e. The Balaban J connectivity index is 1.74. The second-order valence-electron chi connectivity index (χ2n) is 7.42. The highest BCUT2D eigenvalue weighted by atomic mass is 35.5. The normalized spacial score (nSPS) is 14.5. The Bertz CT molecular complexity index is 1370. The zero-order valence-electron chi connectivity index (χ0n) is 17.3. The van der Waals surface area contributed by atoms with Gasteiger partial charge in [-0.1, -0.05) is 41.4 Å². The number of hydrogen-bond acceptors (Lipinski definition) is 4. The number of aryl methyl sites for hydroxylation is 2. The van der Waals surface area contributed by atoms with Crippen molar-refractivity contribution >= 4 is 38.9 Å². The molecule has 9 heteroatoms. The number of anilines is 1. The first-order valence-corrected chi connectivity index (χ1v) is 11.5. The van der Waals surface area contributed by atoms with Crippen molar-refractivity contribution in [2.75, 3.05) is 11.9 Å². The number of hydrazone groups is 1. The van der Waals surface area contributed by atoms with Crippen molar-refractivity contribution < 1.29 is 17.6 Å². The Kier molecular flexibility index (Phi) is 5.75. The molecule has 0 bridgehead atoms. The minimum Gasteiger partial charge on any atom is -0.324 e. The maximum atomic E-state index is 14.6. The third-order valence-electron chi connectivity index (χ3n) is 5.03. The Morgan fingerprint density at radius 3 is 2.53 bits per heavy atom. The lowest BCUT2D eigenvalue weighted by atomic mass is 10.0. The highest BCUT2D eigenvalue weighted by Crippen LogP contribution is 2.31. The van der Waals surface area contributed by atoms with Gasteiger partial charge in [0.25, 0.3) is 10.0 Å². The highest BCUT2D eigenvalue weighted by molar-refractivity contribution is 7.89. The van der Waals surface area contributed by atoms with Crippen LogP contribution in [-0.4, -0.2) is 31.0 Å². The molecular weight excluding hydrogens is 453 g/mol. The van der Waals surface area contributed by atoms with Crippen LogP contribution in [0.15, 0.2) is 70.7 Å². The van der Waals surface area contributed by atoms with Crippen LogP contribution in [0.1, 0.15) is 22.3 Å². The quantitative estimate of drug-likeness (QED) is 0.608. The number of sulfonamides is 1. The molecule has 3 aromatic rings. The number of halogens is 2. The smallest absolute Gasteiger partial charge is 0.280 e. The summed E-state index contributed by atoms with van der Waals surface area (Å²) < 4.78 is 41.6. The van der Waals surface area contributed by atoms with Gasteiger partial charge in [0.1, 0.15) is 18.1 Å². The second kappa shape index (κ2) is 8.37. The summed E-state index contributed by atoms with van der Waals surface area (Å²) in [6.45, 7) is 3.20. The summed E-state index contributed by atoms with van der Waals surface area (Å²) in [7, 11) is -4.15. The molecule has 4 rings (SSSR count). The molecule has 1 aliphatic rings. The van der Waals surface area contributed by atoms with Crippen molar-refractivity contribution in [2.45, 2.75) is 18.7 Å². The van der Waals surface area contributed by atoms with Gasteiger partial charge in [-0.2, -0.15) is 17.9 Å². The van der Waals surface area contributed by atoms with Crippen LogP contribution in [0.3, 0.4) is 0 Å². The van der Waals surface area contributed by atoms with E-state index in [2.05, 4.69) is 10.4 Å². The number of hydrogen-bond donors (Lipinski definition) is 1. The molecule has 164 valence electrons. The lowest BCUT2D eigenvalue weighted by Crippen LogP contribution is -2.39. The average molecular weight is 472 g/mol. The van der Waals surface area contributed by atoms with Gasteiger partial charge in [0.2, 0.25) is 5.91 Å². The first-order valence-electron chi connectivity index (χ1n) is 9.70. The standard InChI is InChI=1S/C23H19ClFN3O3S/c1-14-7-9-20(15(2)11-14)26-22(29)13-28-27-23(17-5-3-4-6-19(17)25)18-12-16(24)8-10-21(18)32(28,30)31/h3-12H,13H2,1-2H3,(H,26,29). The molecule has 0 fully saturated rings. The van der Waals surface area contributed by atoms with Gasteiger partial charge in [0, 0.05) is 21.8 Å². The van der Waals surface area contributed by atoms with Gasteiger partial charge in [-0.05, 0) is 55.8 Å². The molecule has 6 nitrogen and oxygen atoms in total. The van der Waals surface area contributed by atoms with E-state index in [1.165, 1.54) is 36.4 Å². The number of carbonyl (C=O) groups is 1. The van der Waals surface area contributed by atoms with Crippen molar-refractivity contribution in [1.29, 1.82) is 0 Å². The van der Waals surface area contributed by atoms with Crippen molar-refractivity contribution in [3.63, 3.8) is 0 Å². The van der Waals surface area contributed by atoms with Crippen LogP contribution in [0.2, 0.25) is 5.02 Å². The van der Waals surface area contributed by atoms with E-state index >= 15 is 0 Å². The lowest BCUT2D eigenvalue weighted by molar-refractivity contribution is -0.116. The van der Waals surface area contributed by atoms with Gasteiger partial charge in [-0.25, -0.2) is 4.39 Å². The third kappa shape index (κ3) is 4.11. The molecule has 1 heterocycles. The molecule has 1 aliphatic heterocycles. The van der Waals surface area contributed by atoms with Crippen LogP contribution in [0.25, 0.3) is 0 Å². The SMILES string of the molecule is Cc1ccc(NC(=O)CN2N=C(c3ccccc3F)c3cc(Cl)ccc3S2(=O)=O)c(C)c1. The summed E-state index contributed by atoms with van der Waals surface area (Å²) >= 11 is 6.08. The Morgan fingerprint density at radius 2 is 1.81 bits per heavy atom. The van der Waals surface area contributed by atoms with Crippen LogP contribution in [0.4, 0.5) is 10.1 Å². The van der Waals surface area contributed by atoms with Crippen molar-refractivity contribution in [3.8, 4) is 0 Å². The molecule has 0 aromatic heterocycles. The van der Waals surface area contributed by atoms with Crippen molar-refractivity contribution in [1.82, 2.24) is 4.41 Å². The first-order chi connectivity index (χ1) is 15.2. The molecule has 3 aromatic carbocycles. The Labute approximate surface area is 190 Å². The molecule has 1 amide bonds. The fraction of sp³-hybridized carbons (Fsp3) is 0.130. The monoisotopic (exact) mass is 471 g/mol. The van der Waals surface area contributed by atoms with Crippen LogP contribution >= 0.6 is 11.6 Å². The summed E-state index contributed by atoms with van der Waals surface area (Å²) in [5.41, 5.74) is 2.80. The third-order valence-corrected chi connectivity index (χ3v) is 6.94. The van der Waals surface area contributed by atoms with Crippen LogP contribution in [0.5, 0.6) is 0 Å². The number of nitrogens with zero attached hydrogens (tertiary/aromatic N) is 2. The molecular formula is C23H19ClFN3O3S. The molecule has 0 radical (unpaired) electrons. The predicted molar refractivity (Wildman–Crippen MR) is 122 cm³/mol. The van der Waals surface area contributed by atoms with Gasteiger partial charge >= 0.3 is 0 Å².